The fourth-order valence-electron chi connectivity index (χ4n) is 8.37. The zero-order valence-corrected chi connectivity index (χ0v) is 27.2. The first kappa shape index (κ1) is 27.0. The highest BCUT2D eigenvalue weighted by Gasteiger charge is 2.30. The maximum absolute atomic E-state index is 5.51. The van der Waals surface area contributed by atoms with Gasteiger partial charge in [-0.25, -0.2) is 4.98 Å². The molecule has 4 heteroatoms. The Balaban J connectivity index is 1.25. The SMILES string of the molecule is CC1CC=Cc2c1c1ccc3c(c4ccccc4n3-c3cccc(C4c5sc6ccccc6c5C=CC4C)n3)c1n2-c1ccccc1. The van der Waals surface area contributed by atoms with Crippen LogP contribution in [0.3, 0.4) is 0 Å². The van der Waals surface area contributed by atoms with Crippen LogP contribution >= 0.6 is 11.3 Å². The molecule has 4 aromatic carbocycles. The van der Waals surface area contributed by atoms with E-state index in [0.717, 1.165) is 17.9 Å². The van der Waals surface area contributed by atoms with E-state index in [1.165, 1.54) is 70.2 Å². The molecule has 0 aliphatic heterocycles. The number of allylic oxidation sites excluding steroid dienone is 2. The molecule has 4 heterocycles. The van der Waals surface area contributed by atoms with Crippen LogP contribution in [0.5, 0.6) is 0 Å². The predicted molar refractivity (Wildman–Crippen MR) is 199 cm³/mol. The van der Waals surface area contributed by atoms with Crippen molar-refractivity contribution in [2.24, 2.45) is 5.92 Å². The Morgan fingerprint density at radius 1 is 0.702 bits per heavy atom. The van der Waals surface area contributed by atoms with Gasteiger partial charge in [0, 0.05) is 37.3 Å². The van der Waals surface area contributed by atoms with Gasteiger partial charge in [0.1, 0.15) is 5.82 Å². The van der Waals surface area contributed by atoms with E-state index >= 15 is 0 Å². The lowest BCUT2D eigenvalue weighted by atomic mass is 9.82. The fraction of sp³-hybridized carbons (Fsp3) is 0.140. The van der Waals surface area contributed by atoms with Crippen molar-refractivity contribution in [2.45, 2.75) is 32.1 Å². The van der Waals surface area contributed by atoms with Gasteiger partial charge in [0.05, 0.1) is 27.9 Å². The third-order valence-corrected chi connectivity index (χ3v) is 11.7. The Morgan fingerprint density at radius 3 is 2.40 bits per heavy atom. The van der Waals surface area contributed by atoms with Crippen molar-refractivity contribution in [3.63, 3.8) is 0 Å². The predicted octanol–water partition coefficient (Wildman–Crippen LogP) is 11.7. The zero-order valence-electron chi connectivity index (χ0n) is 26.4. The van der Waals surface area contributed by atoms with E-state index in [9.17, 15) is 0 Å². The summed E-state index contributed by atoms with van der Waals surface area (Å²) in [6.07, 6.45) is 10.4. The summed E-state index contributed by atoms with van der Waals surface area (Å²) in [5, 5.41) is 5.23. The zero-order chi connectivity index (χ0) is 31.2. The number of fused-ring (bicyclic) bond motifs is 10. The molecular weight excluding hydrogens is 591 g/mol. The molecule has 2 aliphatic rings. The second-order valence-corrected chi connectivity index (χ2v) is 14.3. The molecule has 0 amide bonds. The summed E-state index contributed by atoms with van der Waals surface area (Å²) in [6, 6.07) is 39.8. The minimum Gasteiger partial charge on any atom is -0.309 e. The van der Waals surface area contributed by atoms with Gasteiger partial charge in [0.2, 0.25) is 0 Å². The lowest BCUT2D eigenvalue weighted by Gasteiger charge is -2.25. The van der Waals surface area contributed by atoms with Gasteiger partial charge in [-0.05, 0) is 83.3 Å². The number of hydrogen-bond donors (Lipinski definition) is 0. The number of thiophene rings is 1. The van der Waals surface area contributed by atoms with E-state index in [2.05, 4.69) is 156 Å². The lowest BCUT2D eigenvalue weighted by molar-refractivity contribution is 0.612. The van der Waals surface area contributed by atoms with Crippen molar-refractivity contribution in [3.8, 4) is 11.5 Å². The number of pyridine rings is 1. The van der Waals surface area contributed by atoms with Gasteiger partial charge in [-0.2, -0.15) is 0 Å². The summed E-state index contributed by atoms with van der Waals surface area (Å²) < 4.78 is 6.24. The van der Waals surface area contributed by atoms with Gasteiger partial charge >= 0.3 is 0 Å². The second kappa shape index (κ2) is 10.2. The molecule has 0 N–H and O–H groups in total. The Bertz CT molecular complexity index is 2590. The summed E-state index contributed by atoms with van der Waals surface area (Å²) >= 11 is 1.92. The molecule has 3 atom stereocenters. The van der Waals surface area contributed by atoms with Crippen LogP contribution in [0, 0.1) is 5.92 Å². The number of hydrogen-bond acceptors (Lipinski definition) is 2. The Morgan fingerprint density at radius 2 is 1.51 bits per heavy atom. The third-order valence-electron chi connectivity index (χ3n) is 10.5. The first-order valence-electron chi connectivity index (χ1n) is 16.7. The normalized spacial score (nSPS) is 18.8. The molecular formula is C43H33N3S. The van der Waals surface area contributed by atoms with Gasteiger partial charge in [-0.1, -0.05) is 98.8 Å². The first-order valence-corrected chi connectivity index (χ1v) is 17.5. The van der Waals surface area contributed by atoms with Gasteiger partial charge in [-0.15, -0.1) is 11.3 Å². The highest BCUT2D eigenvalue weighted by Crippen LogP contribution is 2.47. The van der Waals surface area contributed by atoms with E-state index in [-0.39, 0.29) is 5.92 Å². The van der Waals surface area contributed by atoms with Crippen molar-refractivity contribution in [1.82, 2.24) is 14.1 Å². The minimum absolute atomic E-state index is 0.211. The van der Waals surface area contributed by atoms with E-state index in [4.69, 9.17) is 4.98 Å². The second-order valence-electron chi connectivity index (χ2n) is 13.2. The van der Waals surface area contributed by atoms with Crippen molar-refractivity contribution in [1.29, 1.82) is 0 Å². The molecule has 8 aromatic rings. The molecule has 47 heavy (non-hydrogen) atoms. The molecule has 0 saturated heterocycles. The lowest BCUT2D eigenvalue weighted by Crippen LogP contribution is -2.14. The summed E-state index contributed by atoms with van der Waals surface area (Å²) in [7, 11) is 0. The highest BCUT2D eigenvalue weighted by molar-refractivity contribution is 7.19. The number of aromatic nitrogens is 3. The van der Waals surface area contributed by atoms with Crippen LogP contribution in [0.15, 0.2) is 121 Å². The topological polar surface area (TPSA) is 22.8 Å². The number of benzene rings is 4. The molecule has 3 unspecified atom stereocenters. The van der Waals surface area contributed by atoms with Crippen LogP contribution in [-0.2, 0) is 0 Å². The molecule has 0 fully saturated rings. The number of rotatable bonds is 3. The molecule has 0 bridgehead atoms. The first-order chi connectivity index (χ1) is 23.2. The highest BCUT2D eigenvalue weighted by atomic mass is 32.1. The van der Waals surface area contributed by atoms with Gasteiger partial charge in [0.15, 0.2) is 0 Å². The van der Waals surface area contributed by atoms with Crippen LogP contribution in [0.1, 0.15) is 59.5 Å². The van der Waals surface area contributed by atoms with E-state index in [1.807, 2.05) is 11.3 Å². The van der Waals surface area contributed by atoms with E-state index in [1.54, 1.807) is 0 Å². The van der Waals surface area contributed by atoms with Gasteiger partial charge in [-0.3, -0.25) is 4.57 Å². The number of nitrogens with zero attached hydrogens (tertiary/aromatic N) is 3. The Hall–Kier alpha value is -5.19. The summed E-state index contributed by atoms with van der Waals surface area (Å²) in [5.41, 5.74) is 10.1. The molecule has 226 valence electrons. The Kier molecular flexibility index (Phi) is 5.83. The minimum atomic E-state index is 0.211. The standard InChI is InChI=1S/C43H33N3S/c1-26-12-10-19-35-39(26)32-24-25-36-41(42(32)45(35)28-13-4-3-5-14-28)31-16-6-8-18-34(31)46(36)38-21-11-17-33(44-38)40-27(2)22-23-30-29-15-7-9-20-37(29)47-43(30)40/h3-11,13-27,40H,12H2,1-2H3. The van der Waals surface area contributed by atoms with Crippen molar-refractivity contribution < 1.29 is 0 Å². The van der Waals surface area contributed by atoms with Crippen LogP contribution in [0.25, 0.3) is 66.5 Å². The maximum atomic E-state index is 5.51. The molecule has 0 saturated carbocycles. The quantitative estimate of drug-likeness (QED) is 0.192. The van der Waals surface area contributed by atoms with E-state index < -0.39 is 0 Å². The molecule has 0 radical (unpaired) electrons. The monoisotopic (exact) mass is 623 g/mol. The third kappa shape index (κ3) is 3.82. The van der Waals surface area contributed by atoms with E-state index in [0.29, 0.717) is 11.8 Å². The molecule has 4 aromatic heterocycles. The average molecular weight is 624 g/mol. The molecule has 2 aliphatic carbocycles. The van der Waals surface area contributed by atoms with Crippen LogP contribution in [0.4, 0.5) is 0 Å². The maximum Gasteiger partial charge on any atom is 0.137 e. The van der Waals surface area contributed by atoms with Crippen molar-refractivity contribution >= 4 is 66.3 Å². The van der Waals surface area contributed by atoms with Gasteiger partial charge in [0.25, 0.3) is 0 Å². The number of para-hydroxylation sites is 2. The molecule has 3 nitrogen and oxygen atoms in total. The summed E-state index contributed by atoms with van der Waals surface area (Å²) in [6.45, 7) is 4.69. The average Bonchev–Trinajstić information content (AvgIpc) is 3.76. The Labute approximate surface area is 277 Å². The largest absolute Gasteiger partial charge is 0.309 e. The summed E-state index contributed by atoms with van der Waals surface area (Å²) in [5.74, 6) is 1.99. The molecule has 10 rings (SSSR count). The van der Waals surface area contributed by atoms with Gasteiger partial charge < -0.3 is 4.57 Å². The van der Waals surface area contributed by atoms with Crippen LogP contribution in [0.2, 0.25) is 0 Å². The van der Waals surface area contributed by atoms with Crippen molar-refractivity contribution in [2.75, 3.05) is 0 Å². The summed E-state index contributed by atoms with van der Waals surface area (Å²) in [4.78, 5) is 6.93. The molecule has 0 spiro atoms. The van der Waals surface area contributed by atoms with Crippen LogP contribution < -0.4 is 0 Å². The smallest absolute Gasteiger partial charge is 0.137 e. The van der Waals surface area contributed by atoms with Crippen LogP contribution in [-0.4, -0.2) is 14.1 Å². The van der Waals surface area contributed by atoms with Crippen molar-refractivity contribution in [3.05, 3.63) is 149 Å². The fourth-order valence-corrected chi connectivity index (χ4v) is 9.79.